The first-order valence-electron chi connectivity index (χ1n) is 12.6. The SMILES string of the molecule is Cc1cc(NC(=O)C(=O)NC2CCCCCCCCCCC2)n(-c2nc(C(C)C)cc(=O)[nH]2)n1. The van der Waals surface area contributed by atoms with Crippen LogP contribution in [0.4, 0.5) is 5.82 Å². The molecule has 0 saturated heterocycles. The molecular formula is C25H38N6O3. The van der Waals surface area contributed by atoms with E-state index in [0.717, 1.165) is 38.5 Å². The first-order valence-corrected chi connectivity index (χ1v) is 12.6. The second-order valence-electron chi connectivity index (χ2n) is 9.62. The van der Waals surface area contributed by atoms with Gasteiger partial charge in [-0.2, -0.15) is 9.78 Å². The van der Waals surface area contributed by atoms with Gasteiger partial charge in [0.2, 0.25) is 5.95 Å². The molecule has 1 fully saturated rings. The maximum Gasteiger partial charge on any atom is 0.314 e. The Hall–Kier alpha value is -2.97. The van der Waals surface area contributed by atoms with Crippen LogP contribution >= 0.6 is 0 Å². The lowest BCUT2D eigenvalue weighted by Crippen LogP contribution is -2.42. The number of nitrogens with one attached hydrogen (secondary N) is 3. The monoisotopic (exact) mass is 470 g/mol. The molecule has 1 aliphatic rings. The van der Waals surface area contributed by atoms with Crippen molar-refractivity contribution in [1.82, 2.24) is 25.1 Å². The van der Waals surface area contributed by atoms with Crippen LogP contribution in [0.1, 0.15) is 102 Å². The molecule has 0 bridgehead atoms. The number of hydrogen-bond acceptors (Lipinski definition) is 5. The number of anilines is 1. The fourth-order valence-electron chi connectivity index (χ4n) is 4.34. The van der Waals surface area contributed by atoms with Crippen LogP contribution in [0.5, 0.6) is 0 Å². The van der Waals surface area contributed by atoms with E-state index in [1.807, 2.05) is 13.8 Å². The number of H-pyrrole nitrogens is 1. The van der Waals surface area contributed by atoms with E-state index in [4.69, 9.17) is 0 Å². The summed E-state index contributed by atoms with van der Waals surface area (Å²) in [5.41, 5.74) is 0.927. The Labute approximate surface area is 201 Å². The van der Waals surface area contributed by atoms with Gasteiger partial charge in [0.1, 0.15) is 5.82 Å². The lowest BCUT2D eigenvalue weighted by molar-refractivity contribution is -0.136. The van der Waals surface area contributed by atoms with E-state index in [9.17, 15) is 14.4 Å². The standard InChI is InChI=1S/C25H38N6O3/c1-17(2)20-16-22(32)29-25(27-20)31-21(15-18(3)30-31)28-24(34)23(33)26-19-13-11-9-7-5-4-6-8-10-12-14-19/h15-17,19H,4-14H2,1-3H3,(H,26,33)(H,28,34)(H,27,29,32). The molecule has 0 unspecified atom stereocenters. The molecule has 9 nitrogen and oxygen atoms in total. The van der Waals surface area contributed by atoms with Gasteiger partial charge in [-0.05, 0) is 25.7 Å². The lowest BCUT2D eigenvalue weighted by Gasteiger charge is -2.19. The minimum Gasteiger partial charge on any atom is -0.345 e. The van der Waals surface area contributed by atoms with Crippen molar-refractivity contribution in [2.45, 2.75) is 103 Å². The summed E-state index contributed by atoms with van der Waals surface area (Å²) in [4.78, 5) is 44.7. The van der Waals surface area contributed by atoms with Crippen LogP contribution in [-0.2, 0) is 9.59 Å². The third kappa shape index (κ3) is 7.53. The van der Waals surface area contributed by atoms with Crippen molar-refractivity contribution in [3.63, 3.8) is 0 Å². The molecule has 34 heavy (non-hydrogen) atoms. The average molecular weight is 471 g/mol. The van der Waals surface area contributed by atoms with Gasteiger partial charge < -0.3 is 10.6 Å². The van der Waals surface area contributed by atoms with E-state index in [0.29, 0.717) is 11.4 Å². The minimum atomic E-state index is -0.755. The number of nitrogens with zero attached hydrogens (tertiary/aromatic N) is 3. The van der Waals surface area contributed by atoms with Gasteiger partial charge in [-0.3, -0.25) is 19.4 Å². The van der Waals surface area contributed by atoms with Gasteiger partial charge in [0.15, 0.2) is 0 Å². The molecule has 0 aromatic carbocycles. The van der Waals surface area contributed by atoms with E-state index in [1.54, 1.807) is 13.0 Å². The predicted octanol–water partition coefficient (Wildman–Crippen LogP) is 4.12. The number of hydrogen-bond donors (Lipinski definition) is 3. The lowest BCUT2D eigenvalue weighted by atomic mass is 9.98. The Morgan fingerprint density at radius 3 is 2.15 bits per heavy atom. The molecule has 1 saturated carbocycles. The van der Waals surface area contributed by atoms with Crippen molar-refractivity contribution in [2.75, 3.05) is 5.32 Å². The Morgan fingerprint density at radius 2 is 1.56 bits per heavy atom. The first-order chi connectivity index (χ1) is 16.3. The van der Waals surface area contributed by atoms with Crippen molar-refractivity contribution >= 4 is 17.6 Å². The Morgan fingerprint density at radius 1 is 0.971 bits per heavy atom. The zero-order valence-corrected chi connectivity index (χ0v) is 20.7. The highest BCUT2D eigenvalue weighted by molar-refractivity contribution is 6.39. The highest BCUT2D eigenvalue weighted by atomic mass is 16.2. The van der Waals surface area contributed by atoms with Crippen LogP contribution in [0, 0.1) is 6.92 Å². The van der Waals surface area contributed by atoms with Crippen LogP contribution in [0.15, 0.2) is 16.9 Å². The third-order valence-electron chi connectivity index (χ3n) is 6.26. The van der Waals surface area contributed by atoms with Crippen LogP contribution in [-0.4, -0.2) is 37.6 Å². The normalized spacial score (nSPS) is 16.5. The number of aromatic amines is 1. The van der Waals surface area contributed by atoms with Gasteiger partial charge in [0.25, 0.3) is 5.56 Å². The number of carbonyl (C=O) groups excluding carboxylic acids is 2. The summed E-state index contributed by atoms with van der Waals surface area (Å²) < 4.78 is 1.35. The molecule has 2 amide bonds. The van der Waals surface area contributed by atoms with Crippen molar-refractivity contribution in [2.24, 2.45) is 0 Å². The van der Waals surface area contributed by atoms with Gasteiger partial charge >= 0.3 is 11.8 Å². The molecule has 3 rings (SSSR count). The smallest absolute Gasteiger partial charge is 0.314 e. The molecule has 186 valence electrons. The second kappa shape index (κ2) is 12.5. The fraction of sp³-hybridized carbons (Fsp3) is 0.640. The zero-order valence-electron chi connectivity index (χ0n) is 20.7. The highest BCUT2D eigenvalue weighted by Crippen LogP contribution is 2.18. The van der Waals surface area contributed by atoms with Gasteiger partial charge in [0, 0.05) is 18.2 Å². The summed E-state index contributed by atoms with van der Waals surface area (Å²) in [7, 11) is 0. The van der Waals surface area contributed by atoms with Crippen LogP contribution < -0.4 is 16.2 Å². The van der Waals surface area contributed by atoms with E-state index < -0.39 is 11.8 Å². The summed E-state index contributed by atoms with van der Waals surface area (Å²) in [6.07, 6.45) is 12.6. The van der Waals surface area contributed by atoms with Gasteiger partial charge in [-0.15, -0.1) is 0 Å². The molecule has 3 N–H and O–H groups in total. The number of rotatable bonds is 4. The van der Waals surface area contributed by atoms with Gasteiger partial charge in [-0.1, -0.05) is 71.6 Å². The quantitative estimate of drug-likeness (QED) is 0.581. The van der Waals surface area contributed by atoms with Crippen molar-refractivity contribution < 1.29 is 9.59 Å². The molecular weight excluding hydrogens is 432 g/mol. The summed E-state index contributed by atoms with van der Waals surface area (Å²) in [6.45, 7) is 5.65. The number of aryl methyl sites for hydroxylation is 1. The van der Waals surface area contributed by atoms with E-state index >= 15 is 0 Å². The largest absolute Gasteiger partial charge is 0.345 e. The van der Waals surface area contributed by atoms with Crippen LogP contribution in [0.25, 0.3) is 5.95 Å². The molecule has 9 heteroatoms. The van der Waals surface area contributed by atoms with Crippen molar-refractivity contribution in [3.05, 3.63) is 33.9 Å². The Bertz CT molecular complexity index is 1010. The minimum absolute atomic E-state index is 0.00469. The fourth-order valence-corrected chi connectivity index (χ4v) is 4.34. The third-order valence-corrected chi connectivity index (χ3v) is 6.26. The molecule has 0 atom stereocenters. The molecule has 2 aromatic rings. The summed E-state index contributed by atoms with van der Waals surface area (Å²) in [5, 5.41) is 9.93. The van der Waals surface area contributed by atoms with Crippen molar-refractivity contribution in [3.8, 4) is 5.95 Å². The summed E-state index contributed by atoms with van der Waals surface area (Å²) >= 11 is 0. The van der Waals surface area contributed by atoms with E-state index in [1.165, 1.54) is 42.9 Å². The average Bonchev–Trinajstić information content (AvgIpc) is 3.15. The Kier molecular flexibility index (Phi) is 9.42. The van der Waals surface area contributed by atoms with Crippen molar-refractivity contribution in [1.29, 1.82) is 0 Å². The topological polar surface area (TPSA) is 122 Å². The second-order valence-corrected chi connectivity index (χ2v) is 9.62. The van der Waals surface area contributed by atoms with Crippen LogP contribution in [0.3, 0.4) is 0 Å². The molecule has 1 aliphatic carbocycles. The Balaban J connectivity index is 1.68. The highest BCUT2D eigenvalue weighted by Gasteiger charge is 2.21. The number of amides is 2. The van der Waals surface area contributed by atoms with E-state index in [-0.39, 0.29) is 29.3 Å². The maximum atomic E-state index is 12.7. The molecule has 0 aliphatic heterocycles. The summed E-state index contributed by atoms with van der Waals surface area (Å²) in [6, 6.07) is 3.09. The molecule has 2 heterocycles. The molecule has 0 radical (unpaired) electrons. The first kappa shape index (κ1) is 25.6. The number of aromatic nitrogens is 4. The predicted molar refractivity (Wildman–Crippen MR) is 132 cm³/mol. The van der Waals surface area contributed by atoms with E-state index in [2.05, 4.69) is 25.7 Å². The zero-order chi connectivity index (χ0) is 24.5. The molecule has 2 aromatic heterocycles. The summed E-state index contributed by atoms with van der Waals surface area (Å²) in [5.74, 6) is -0.887. The molecule has 0 spiro atoms. The maximum absolute atomic E-state index is 12.7. The number of carbonyl (C=O) groups is 2. The van der Waals surface area contributed by atoms with Crippen LogP contribution in [0.2, 0.25) is 0 Å². The van der Waals surface area contributed by atoms with Gasteiger partial charge in [0.05, 0.1) is 11.4 Å². The van der Waals surface area contributed by atoms with Gasteiger partial charge in [-0.25, -0.2) is 4.98 Å².